The third-order valence-electron chi connectivity index (χ3n) is 4.83. The van der Waals surface area contributed by atoms with Gasteiger partial charge in [-0.25, -0.2) is 0 Å². The van der Waals surface area contributed by atoms with Gasteiger partial charge in [0, 0.05) is 18.6 Å². The number of rotatable bonds is 5. The normalized spacial score (nSPS) is 25.5. The number of anilines is 1. The first-order valence-electron chi connectivity index (χ1n) is 8.51. The van der Waals surface area contributed by atoms with E-state index in [1.807, 2.05) is 30.3 Å². The maximum atomic E-state index is 12.7. The second kappa shape index (κ2) is 6.68. The Bertz CT molecular complexity index is 735. The highest BCUT2D eigenvalue weighted by molar-refractivity contribution is 5.98. The van der Waals surface area contributed by atoms with Gasteiger partial charge in [0.25, 0.3) is 5.91 Å². The number of carbonyl (C=O) groups is 2. The van der Waals surface area contributed by atoms with Gasteiger partial charge in [0.15, 0.2) is 0 Å². The van der Waals surface area contributed by atoms with Crippen molar-refractivity contribution in [1.29, 1.82) is 0 Å². The molecule has 7 heteroatoms. The van der Waals surface area contributed by atoms with E-state index in [1.54, 1.807) is 12.3 Å². The zero-order chi connectivity index (χ0) is 17.2. The lowest BCUT2D eigenvalue weighted by Gasteiger charge is -2.18. The van der Waals surface area contributed by atoms with Crippen LogP contribution in [0.3, 0.4) is 0 Å². The number of aromatic amines is 1. The molecule has 1 saturated heterocycles. The van der Waals surface area contributed by atoms with Crippen LogP contribution in [0.4, 0.5) is 5.82 Å². The van der Waals surface area contributed by atoms with Crippen LogP contribution in [0.5, 0.6) is 0 Å². The SMILES string of the molecule is O=C(Nc1ccn[nH]1)C(NC(=O)[C@@H]1[C@H]2CCCO[C@H]21)c1ccccc1. The Morgan fingerprint density at radius 3 is 2.76 bits per heavy atom. The molecule has 130 valence electrons. The van der Waals surface area contributed by atoms with E-state index in [0.29, 0.717) is 18.3 Å². The maximum absolute atomic E-state index is 12.7. The Morgan fingerprint density at radius 2 is 2.08 bits per heavy atom. The van der Waals surface area contributed by atoms with Crippen molar-refractivity contribution in [1.82, 2.24) is 15.5 Å². The van der Waals surface area contributed by atoms with Gasteiger partial charge >= 0.3 is 0 Å². The summed E-state index contributed by atoms with van der Waals surface area (Å²) in [4.78, 5) is 25.4. The second-order valence-electron chi connectivity index (χ2n) is 6.48. The number of carbonyl (C=O) groups excluding carboxylic acids is 2. The largest absolute Gasteiger partial charge is 0.377 e. The number of nitrogens with one attached hydrogen (secondary N) is 3. The molecule has 2 amide bonds. The molecule has 4 rings (SSSR count). The van der Waals surface area contributed by atoms with Crippen LogP contribution >= 0.6 is 0 Å². The summed E-state index contributed by atoms with van der Waals surface area (Å²) in [6.45, 7) is 0.716. The van der Waals surface area contributed by atoms with Crippen molar-refractivity contribution in [3.8, 4) is 0 Å². The van der Waals surface area contributed by atoms with Crippen molar-refractivity contribution in [2.75, 3.05) is 11.9 Å². The van der Waals surface area contributed by atoms with Crippen molar-refractivity contribution in [2.24, 2.45) is 11.8 Å². The van der Waals surface area contributed by atoms with E-state index in [4.69, 9.17) is 4.74 Å². The molecule has 2 aromatic rings. The molecule has 7 nitrogen and oxygen atoms in total. The van der Waals surface area contributed by atoms with Crippen molar-refractivity contribution in [3.63, 3.8) is 0 Å². The predicted octanol–water partition coefficient (Wildman–Crippen LogP) is 1.63. The lowest BCUT2D eigenvalue weighted by Crippen LogP contribution is -2.38. The fourth-order valence-corrected chi connectivity index (χ4v) is 3.51. The van der Waals surface area contributed by atoms with Gasteiger partial charge in [-0.3, -0.25) is 14.7 Å². The number of aromatic nitrogens is 2. The van der Waals surface area contributed by atoms with Crippen LogP contribution < -0.4 is 10.6 Å². The van der Waals surface area contributed by atoms with E-state index < -0.39 is 6.04 Å². The summed E-state index contributed by atoms with van der Waals surface area (Å²) in [7, 11) is 0. The number of hydrogen-bond acceptors (Lipinski definition) is 4. The molecular weight excluding hydrogens is 320 g/mol. The minimum atomic E-state index is -0.764. The van der Waals surface area contributed by atoms with Gasteiger partial charge in [-0.1, -0.05) is 30.3 Å². The molecule has 1 saturated carbocycles. The number of amides is 2. The predicted molar refractivity (Wildman–Crippen MR) is 90.5 cm³/mol. The van der Waals surface area contributed by atoms with Crippen molar-refractivity contribution in [3.05, 3.63) is 48.2 Å². The van der Waals surface area contributed by atoms with Crippen molar-refractivity contribution >= 4 is 17.6 Å². The third-order valence-corrected chi connectivity index (χ3v) is 4.83. The first-order valence-corrected chi connectivity index (χ1v) is 8.51. The van der Waals surface area contributed by atoms with E-state index >= 15 is 0 Å². The summed E-state index contributed by atoms with van der Waals surface area (Å²) < 4.78 is 5.64. The Hall–Kier alpha value is -2.67. The van der Waals surface area contributed by atoms with Crippen LogP contribution in [0.2, 0.25) is 0 Å². The van der Waals surface area contributed by atoms with Crippen LogP contribution in [-0.2, 0) is 14.3 Å². The highest BCUT2D eigenvalue weighted by Crippen LogP contribution is 2.48. The summed E-state index contributed by atoms with van der Waals surface area (Å²) >= 11 is 0. The quantitative estimate of drug-likeness (QED) is 0.771. The molecule has 0 spiro atoms. The summed E-state index contributed by atoms with van der Waals surface area (Å²) in [5.74, 6) is 0.206. The van der Waals surface area contributed by atoms with E-state index in [2.05, 4.69) is 20.8 Å². The van der Waals surface area contributed by atoms with Crippen LogP contribution in [0.25, 0.3) is 0 Å². The number of nitrogens with zero attached hydrogens (tertiary/aromatic N) is 1. The fraction of sp³-hybridized carbons (Fsp3) is 0.389. The Kier molecular flexibility index (Phi) is 4.23. The van der Waals surface area contributed by atoms with Gasteiger partial charge in [-0.15, -0.1) is 0 Å². The summed E-state index contributed by atoms with van der Waals surface area (Å²) in [5.41, 5.74) is 0.734. The third kappa shape index (κ3) is 3.28. The zero-order valence-corrected chi connectivity index (χ0v) is 13.6. The molecule has 25 heavy (non-hydrogen) atoms. The van der Waals surface area contributed by atoms with Crippen molar-refractivity contribution < 1.29 is 14.3 Å². The zero-order valence-electron chi connectivity index (χ0n) is 13.6. The topological polar surface area (TPSA) is 96.1 Å². The summed E-state index contributed by atoms with van der Waals surface area (Å²) in [5, 5.41) is 12.1. The highest BCUT2D eigenvalue weighted by Gasteiger charge is 2.57. The lowest BCUT2D eigenvalue weighted by molar-refractivity contribution is -0.128. The molecular formula is C18H20N4O3. The van der Waals surface area contributed by atoms with Crippen molar-refractivity contribution in [2.45, 2.75) is 25.0 Å². The van der Waals surface area contributed by atoms with Crippen LogP contribution in [0, 0.1) is 11.8 Å². The number of fused-ring (bicyclic) bond motifs is 1. The van der Waals surface area contributed by atoms with Gasteiger partial charge < -0.3 is 15.4 Å². The fourth-order valence-electron chi connectivity index (χ4n) is 3.51. The van der Waals surface area contributed by atoms with E-state index in [-0.39, 0.29) is 23.8 Å². The molecule has 4 atom stereocenters. The maximum Gasteiger partial charge on any atom is 0.252 e. The molecule has 2 aliphatic rings. The van der Waals surface area contributed by atoms with Gasteiger partial charge in [-0.2, -0.15) is 5.10 Å². The number of hydrogen-bond donors (Lipinski definition) is 3. The number of benzene rings is 1. The number of H-pyrrole nitrogens is 1. The first kappa shape index (κ1) is 15.8. The van der Waals surface area contributed by atoms with Gasteiger partial charge in [0.1, 0.15) is 11.9 Å². The summed E-state index contributed by atoms with van der Waals surface area (Å²) in [6, 6.07) is 10.1. The van der Waals surface area contributed by atoms with E-state index in [9.17, 15) is 9.59 Å². The Balaban J connectivity index is 1.49. The Morgan fingerprint density at radius 1 is 1.24 bits per heavy atom. The standard InChI is InChI=1S/C18H20N4O3/c23-17(14-12-7-4-10-25-16(12)14)21-15(11-5-2-1-3-6-11)18(24)20-13-8-9-19-22-13/h1-3,5-6,8-9,12,14-16H,4,7,10H2,(H,21,23)(H2,19,20,22,24)/t12-,14-,15?,16-/m1/s1. The number of ether oxygens (including phenoxy) is 1. The minimum Gasteiger partial charge on any atom is -0.377 e. The minimum absolute atomic E-state index is 0.0147. The smallest absolute Gasteiger partial charge is 0.252 e. The summed E-state index contributed by atoms with van der Waals surface area (Å²) in [6.07, 6.45) is 3.57. The first-order chi connectivity index (χ1) is 12.2. The Labute approximate surface area is 145 Å². The highest BCUT2D eigenvalue weighted by atomic mass is 16.5. The molecule has 1 aliphatic heterocycles. The average Bonchev–Trinajstić information content (AvgIpc) is 3.16. The van der Waals surface area contributed by atoms with E-state index in [1.165, 1.54) is 0 Å². The monoisotopic (exact) mass is 340 g/mol. The van der Waals surface area contributed by atoms with E-state index in [0.717, 1.165) is 18.4 Å². The van der Waals surface area contributed by atoms with Crippen LogP contribution in [0.15, 0.2) is 42.6 Å². The molecule has 2 fully saturated rings. The molecule has 1 unspecified atom stereocenters. The van der Waals surface area contributed by atoms with Gasteiger partial charge in [0.2, 0.25) is 5.91 Å². The molecule has 3 N–H and O–H groups in total. The van der Waals surface area contributed by atoms with Gasteiger partial charge in [-0.05, 0) is 18.4 Å². The molecule has 1 aliphatic carbocycles. The molecule has 0 bridgehead atoms. The average molecular weight is 340 g/mol. The molecule has 1 aromatic heterocycles. The van der Waals surface area contributed by atoms with Crippen LogP contribution in [0.1, 0.15) is 24.4 Å². The molecule has 0 radical (unpaired) electrons. The lowest BCUT2D eigenvalue weighted by atomic mass is 10.1. The van der Waals surface area contributed by atoms with Crippen LogP contribution in [-0.4, -0.2) is 34.7 Å². The molecule has 1 aromatic carbocycles. The van der Waals surface area contributed by atoms with Gasteiger partial charge in [0.05, 0.1) is 18.2 Å². The molecule has 2 heterocycles. The second-order valence-corrected chi connectivity index (χ2v) is 6.48.